The monoisotopic (exact) mass is 559 g/mol. The first-order valence-electron chi connectivity index (χ1n) is 13.3. The van der Waals surface area contributed by atoms with E-state index in [4.69, 9.17) is 19.5 Å². The van der Waals surface area contributed by atoms with Crippen molar-refractivity contribution in [2.45, 2.75) is 53.0 Å². The summed E-state index contributed by atoms with van der Waals surface area (Å²) in [5.41, 5.74) is 5.64. The van der Waals surface area contributed by atoms with Crippen LogP contribution in [0.2, 0.25) is 0 Å². The SMILES string of the molecule is C=C(C)C.C=CC=C.Cc1ocnc1CCOc1ccc(CCC(=O)O)c2c1CCN(c1ccc(C#N)cc1F)C2. The number of oxazole rings is 1. The Labute approximate surface area is 241 Å². The molecule has 0 aliphatic carbocycles. The zero-order chi connectivity index (χ0) is 30.4. The summed E-state index contributed by atoms with van der Waals surface area (Å²) in [5, 5.41) is 18.2. The Morgan fingerprint density at radius 1 is 1.22 bits per heavy atom. The molecular formula is C33H38FN3O4. The van der Waals surface area contributed by atoms with Gasteiger partial charge in [0.05, 0.1) is 29.6 Å². The van der Waals surface area contributed by atoms with Gasteiger partial charge in [-0.3, -0.25) is 4.79 Å². The Morgan fingerprint density at radius 3 is 2.49 bits per heavy atom. The van der Waals surface area contributed by atoms with Crippen LogP contribution in [0.15, 0.2) is 78.6 Å². The number of nitriles is 1. The second-order valence-corrected chi connectivity index (χ2v) is 9.66. The number of carboxylic acids is 1. The van der Waals surface area contributed by atoms with Gasteiger partial charge in [0.25, 0.3) is 0 Å². The molecule has 8 heteroatoms. The minimum atomic E-state index is -0.863. The number of carbonyl (C=O) groups is 1. The largest absolute Gasteiger partial charge is 0.493 e. The topological polar surface area (TPSA) is 99.6 Å². The number of hydrogen-bond acceptors (Lipinski definition) is 6. The third-order valence-corrected chi connectivity index (χ3v) is 6.10. The summed E-state index contributed by atoms with van der Waals surface area (Å²) in [5.74, 6) is 0.215. The molecule has 0 saturated heterocycles. The molecule has 4 rings (SSSR count). The molecule has 0 spiro atoms. The molecule has 0 bridgehead atoms. The van der Waals surface area contributed by atoms with Gasteiger partial charge in [-0.2, -0.15) is 5.26 Å². The lowest BCUT2D eigenvalue weighted by Crippen LogP contribution is -2.32. The molecule has 0 saturated carbocycles. The fourth-order valence-electron chi connectivity index (χ4n) is 4.18. The molecule has 1 aromatic heterocycles. The van der Waals surface area contributed by atoms with Crippen molar-refractivity contribution in [3.63, 3.8) is 0 Å². The third-order valence-electron chi connectivity index (χ3n) is 6.10. The number of rotatable bonds is 9. The molecule has 2 heterocycles. The van der Waals surface area contributed by atoms with Crippen LogP contribution in [0.3, 0.4) is 0 Å². The average Bonchev–Trinajstić information content (AvgIpc) is 3.36. The summed E-state index contributed by atoms with van der Waals surface area (Å²) >= 11 is 0. The van der Waals surface area contributed by atoms with Crippen molar-refractivity contribution in [2.24, 2.45) is 0 Å². The van der Waals surface area contributed by atoms with Crippen molar-refractivity contribution in [1.82, 2.24) is 4.98 Å². The Hall–Kier alpha value is -4.64. The number of anilines is 1. The highest BCUT2D eigenvalue weighted by Crippen LogP contribution is 2.34. The van der Waals surface area contributed by atoms with E-state index >= 15 is 0 Å². The first-order valence-corrected chi connectivity index (χ1v) is 13.3. The molecule has 1 aliphatic heterocycles. The van der Waals surface area contributed by atoms with Gasteiger partial charge in [0.15, 0.2) is 6.39 Å². The fraction of sp³-hybridized carbons (Fsp3) is 0.303. The molecule has 0 atom stereocenters. The number of hydrogen-bond donors (Lipinski definition) is 1. The molecular weight excluding hydrogens is 521 g/mol. The maximum atomic E-state index is 14.7. The number of nitrogens with zero attached hydrogens (tertiary/aromatic N) is 3. The summed E-state index contributed by atoms with van der Waals surface area (Å²) in [4.78, 5) is 17.3. The van der Waals surface area contributed by atoms with E-state index in [1.807, 2.05) is 43.9 Å². The van der Waals surface area contributed by atoms with Crippen LogP contribution in [0.1, 0.15) is 54.0 Å². The van der Waals surface area contributed by atoms with Crippen LogP contribution in [0, 0.1) is 24.1 Å². The molecule has 216 valence electrons. The Balaban J connectivity index is 0.000000653. The van der Waals surface area contributed by atoms with Gasteiger partial charge >= 0.3 is 5.97 Å². The van der Waals surface area contributed by atoms with Crippen LogP contribution in [0.5, 0.6) is 5.75 Å². The number of aliphatic carboxylic acids is 1. The van der Waals surface area contributed by atoms with Crippen LogP contribution in [0.25, 0.3) is 0 Å². The molecule has 0 radical (unpaired) electrons. The Bertz CT molecular complexity index is 1390. The average molecular weight is 560 g/mol. The molecule has 0 unspecified atom stereocenters. The van der Waals surface area contributed by atoms with Crippen molar-refractivity contribution in [1.29, 1.82) is 5.26 Å². The van der Waals surface area contributed by atoms with E-state index in [1.165, 1.54) is 18.0 Å². The number of fused-ring (bicyclic) bond motifs is 1. The summed E-state index contributed by atoms with van der Waals surface area (Å²) in [7, 11) is 0. The second kappa shape index (κ2) is 16.5. The molecule has 3 aromatic rings. The highest BCUT2D eigenvalue weighted by atomic mass is 19.1. The van der Waals surface area contributed by atoms with Gasteiger partial charge in [-0.15, -0.1) is 6.58 Å². The zero-order valence-corrected chi connectivity index (χ0v) is 24.1. The molecule has 1 aliphatic rings. The van der Waals surface area contributed by atoms with Crippen molar-refractivity contribution < 1.29 is 23.4 Å². The lowest BCUT2D eigenvalue weighted by Gasteiger charge is -2.33. The van der Waals surface area contributed by atoms with E-state index in [-0.39, 0.29) is 12.0 Å². The molecule has 7 nitrogen and oxygen atoms in total. The fourth-order valence-corrected chi connectivity index (χ4v) is 4.18. The van der Waals surface area contributed by atoms with Gasteiger partial charge < -0.3 is 19.2 Å². The number of halogens is 1. The summed E-state index contributed by atoms with van der Waals surface area (Å²) in [6.45, 7) is 17.5. The van der Waals surface area contributed by atoms with Crippen molar-refractivity contribution >= 4 is 11.7 Å². The lowest BCUT2D eigenvalue weighted by molar-refractivity contribution is -0.136. The molecule has 41 heavy (non-hydrogen) atoms. The number of aryl methyl sites for hydroxylation is 2. The highest BCUT2D eigenvalue weighted by Gasteiger charge is 2.25. The van der Waals surface area contributed by atoms with E-state index in [9.17, 15) is 9.18 Å². The van der Waals surface area contributed by atoms with Gasteiger partial charge in [0.1, 0.15) is 17.3 Å². The van der Waals surface area contributed by atoms with E-state index in [0.29, 0.717) is 44.6 Å². The number of aromatic nitrogens is 1. The third kappa shape index (κ3) is 10.1. The Morgan fingerprint density at radius 2 is 1.93 bits per heavy atom. The minimum Gasteiger partial charge on any atom is -0.493 e. The number of allylic oxidation sites excluding steroid dienone is 3. The van der Waals surface area contributed by atoms with Gasteiger partial charge in [-0.05, 0) is 69.0 Å². The maximum Gasteiger partial charge on any atom is 0.303 e. The van der Waals surface area contributed by atoms with Crippen molar-refractivity contribution in [3.05, 3.63) is 114 Å². The van der Waals surface area contributed by atoms with Crippen LogP contribution in [-0.4, -0.2) is 29.2 Å². The van der Waals surface area contributed by atoms with Crippen molar-refractivity contribution in [2.75, 3.05) is 18.1 Å². The summed E-state index contributed by atoms with van der Waals surface area (Å²) < 4.78 is 26.0. The quantitative estimate of drug-likeness (QED) is 0.220. The normalized spacial score (nSPS) is 11.4. The summed E-state index contributed by atoms with van der Waals surface area (Å²) in [6, 6.07) is 10.2. The van der Waals surface area contributed by atoms with Crippen molar-refractivity contribution in [3.8, 4) is 11.8 Å². The predicted molar refractivity (Wildman–Crippen MR) is 160 cm³/mol. The van der Waals surface area contributed by atoms with Crippen LogP contribution >= 0.6 is 0 Å². The predicted octanol–water partition coefficient (Wildman–Crippen LogP) is 7.14. The second-order valence-electron chi connectivity index (χ2n) is 9.66. The molecule has 0 fully saturated rings. The first kappa shape index (κ1) is 32.6. The number of carboxylic acid groups (broad SMARTS) is 1. The van der Waals surface area contributed by atoms with Crippen LogP contribution in [0.4, 0.5) is 10.1 Å². The van der Waals surface area contributed by atoms with Crippen LogP contribution in [-0.2, 0) is 30.6 Å². The number of ether oxygens (including phenoxy) is 1. The van der Waals surface area contributed by atoms with Crippen LogP contribution < -0.4 is 9.64 Å². The van der Waals surface area contributed by atoms with Gasteiger partial charge in [-0.1, -0.05) is 36.9 Å². The lowest BCUT2D eigenvalue weighted by atomic mass is 9.91. The molecule has 2 aromatic carbocycles. The zero-order valence-electron chi connectivity index (χ0n) is 24.1. The van der Waals surface area contributed by atoms with Gasteiger partial charge in [0, 0.05) is 31.5 Å². The smallest absolute Gasteiger partial charge is 0.303 e. The van der Waals surface area contributed by atoms with E-state index in [1.54, 1.807) is 24.3 Å². The molecule has 0 amide bonds. The minimum absolute atomic E-state index is 0.0172. The standard InChI is InChI=1S/C25H24FN3O4.C4H8.C4H6/c1-16-22(28-15-33-16)9-11-32-24-6-3-18(4-7-25(30)31)20-14-29(10-8-19(20)24)23-5-2-17(13-27)12-21(23)26;1-4(2)3;1-3-4-2/h2-3,5-6,12,15H,4,7-11,14H2,1H3,(H,30,31);1H2,2-3H3;3-4H,1-2H2. The van der Waals surface area contributed by atoms with E-state index in [0.717, 1.165) is 33.9 Å². The van der Waals surface area contributed by atoms with Gasteiger partial charge in [0.2, 0.25) is 0 Å². The molecule has 1 N–H and O–H groups in total. The maximum absolute atomic E-state index is 14.7. The Kier molecular flexibility index (Phi) is 13.1. The van der Waals surface area contributed by atoms with E-state index in [2.05, 4.69) is 24.7 Å². The first-order chi connectivity index (χ1) is 19.6. The van der Waals surface area contributed by atoms with Gasteiger partial charge in [-0.25, -0.2) is 9.37 Å². The summed E-state index contributed by atoms with van der Waals surface area (Å²) in [6.07, 6.45) is 6.35. The number of benzene rings is 2. The van der Waals surface area contributed by atoms with E-state index < -0.39 is 11.8 Å². The highest BCUT2D eigenvalue weighted by molar-refractivity contribution is 5.67.